The number of nitrogens with zero attached hydrogens (tertiary/aromatic N) is 1. The lowest BCUT2D eigenvalue weighted by atomic mass is 9.98. The first-order chi connectivity index (χ1) is 9.81. The van der Waals surface area contributed by atoms with Crippen LogP contribution in [0, 0.1) is 17.0 Å². The summed E-state index contributed by atoms with van der Waals surface area (Å²) in [6.07, 6.45) is 1.44. The monoisotopic (exact) mass is 295 g/mol. The molecule has 0 aliphatic carbocycles. The van der Waals surface area contributed by atoms with Gasteiger partial charge in [0.1, 0.15) is 0 Å². The van der Waals surface area contributed by atoms with Crippen molar-refractivity contribution < 1.29 is 14.8 Å². The van der Waals surface area contributed by atoms with Crippen LogP contribution in [0.25, 0.3) is 0 Å². The quantitative estimate of drug-likeness (QED) is 0.554. The first kappa shape index (κ1) is 16.9. The Bertz CT molecular complexity index is 533. The fourth-order valence-electron chi connectivity index (χ4n) is 2.05. The maximum absolute atomic E-state index is 11.9. The van der Waals surface area contributed by atoms with Gasteiger partial charge in [0.2, 0.25) is 0 Å². The lowest BCUT2D eigenvalue weighted by Gasteiger charge is -2.28. The number of nitro groups is 1. The van der Waals surface area contributed by atoms with Gasteiger partial charge in [-0.25, -0.2) is 4.79 Å². The molecule has 0 spiro atoms. The minimum Gasteiger partial charge on any atom is -0.394 e. The number of hydrogen-bond donors (Lipinski definition) is 3. The first-order valence-electron chi connectivity index (χ1n) is 6.76. The molecular formula is C14H21N3O4. The molecule has 0 radical (unpaired) electrons. The summed E-state index contributed by atoms with van der Waals surface area (Å²) in [4.78, 5) is 22.3. The number of anilines is 1. The van der Waals surface area contributed by atoms with Gasteiger partial charge in [0.15, 0.2) is 0 Å². The number of carbonyl (C=O) groups excluding carboxylic acids is 1. The average molecular weight is 295 g/mol. The van der Waals surface area contributed by atoms with Crippen molar-refractivity contribution in [2.75, 3.05) is 11.9 Å². The number of hydrogen-bond acceptors (Lipinski definition) is 4. The van der Waals surface area contributed by atoms with Crippen LogP contribution in [0.4, 0.5) is 16.2 Å². The van der Waals surface area contributed by atoms with Crippen molar-refractivity contribution in [1.82, 2.24) is 5.32 Å². The highest BCUT2D eigenvalue weighted by Gasteiger charge is 2.24. The second kappa shape index (κ2) is 7.03. The Morgan fingerprint density at radius 2 is 2.14 bits per heavy atom. The molecule has 1 rings (SSSR count). The highest BCUT2D eigenvalue weighted by molar-refractivity contribution is 5.90. The maximum Gasteiger partial charge on any atom is 0.319 e. The summed E-state index contributed by atoms with van der Waals surface area (Å²) >= 11 is 0. The van der Waals surface area contributed by atoms with Gasteiger partial charge in [0.25, 0.3) is 5.69 Å². The van der Waals surface area contributed by atoms with E-state index in [1.807, 2.05) is 6.92 Å². The highest BCUT2D eigenvalue weighted by Crippen LogP contribution is 2.22. The fourth-order valence-corrected chi connectivity index (χ4v) is 2.05. The van der Waals surface area contributed by atoms with Crippen LogP contribution < -0.4 is 10.6 Å². The Hall–Kier alpha value is -2.15. The number of urea groups is 1. The van der Waals surface area contributed by atoms with Gasteiger partial charge in [0.05, 0.1) is 17.1 Å². The number of amides is 2. The maximum atomic E-state index is 11.9. The molecule has 0 saturated heterocycles. The summed E-state index contributed by atoms with van der Waals surface area (Å²) < 4.78 is 0. The van der Waals surface area contributed by atoms with Gasteiger partial charge in [-0.15, -0.1) is 0 Å². The Morgan fingerprint density at radius 3 is 2.67 bits per heavy atom. The van der Waals surface area contributed by atoms with E-state index < -0.39 is 16.5 Å². The van der Waals surface area contributed by atoms with E-state index in [1.165, 1.54) is 6.07 Å². The standard InChI is InChI=1S/C14H21N3O4/c1-4-7-14(3,9-18)16-13(19)15-11-6-5-10(2)12(8-11)17(20)21/h5-6,8,18H,4,7,9H2,1-3H3,(H2,15,16,19). The van der Waals surface area contributed by atoms with Crippen molar-refractivity contribution >= 4 is 17.4 Å². The van der Waals surface area contributed by atoms with Crippen molar-refractivity contribution in [3.05, 3.63) is 33.9 Å². The SMILES string of the molecule is CCCC(C)(CO)NC(=O)Nc1ccc(C)c([N+](=O)[O-])c1. The predicted octanol–water partition coefficient (Wildman–Crippen LogP) is 2.58. The molecule has 0 aromatic heterocycles. The molecule has 1 aromatic rings. The number of nitrogens with one attached hydrogen (secondary N) is 2. The number of carbonyl (C=O) groups is 1. The molecule has 0 saturated carbocycles. The zero-order valence-electron chi connectivity index (χ0n) is 12.5. The third kappa shape index (κ3) is 4.71. The molecule has 0 bridgehead atoms. The number of aryl methyl sites for hydroxylation is 1. The third-order valence-corrected chi connectivity index (χ3v) is 3.23. The predicted molar refractivity (Wildman–Crippen MR) is 80.4 cm³/mol. The lowest BCUT2D eigenvalue weighted by Crippen LogP contribution is -2.50. The molecule has 7 heteroatoms. The van der Waals surface area contributed by atoms with E-state index in [4.69, 9.17) is 0 Å². The number of nitro benzene ring substituents is 1. The summed E-state index contributed by atoms with van der Waals surface area (Å²) in [5.41, 5.74) is 0.0974. The van der Waals surface area contributed by atoms with Crippen LogP contribution in [0.15, 0.2) is 18.2 Å². The molecule has 1 atom stereocenters. The van der Waals surface area contributed by atoms with Crippen LogP contribution in [-0.4, -0.2) is 28.2 Å². The van der Waals surface area contributed by atoms with Crippen LogP contribution in [-0.2, 0) is 0 Å². The van der Waals surface area contributed by atoms with Crippen molar-refractivity contribution in [3.8, 4) is 0 Å². The molecule has 0 fully saturated rings. The summed E-state index contributed by atoms with van der Waals surface area (Å²) in [6, 6.07) is 3.98. The topological polar surface area (TPSA) is 104 Å². The van der Waals surface area contributed by atoms with Crippen LogP contribution >= 0.6 is 0 Å². The number of rotatable bonds is 6. The zero-order valence-corrected chi connectivity index (χ0v) is 12.5. The largest absolute Gasteiger partial charge is 0.394 e. The Kier molecular flexibility index (Phi) is 5.66. The third-order valence-electron chi connectivity index (χ3n) is 3.23. The van der Waals surface area contributed by atoms with Crippen molar-refractivity contribution in [3.63, 3.8) is 0 Å². The van der Waals surface area contributed by atoms with Crippen molar-refractivity contribution in [1.29, 1.82) is 0 Å². The van der Waals surface area contributed by atoms with Crippen LogP contribution in [0.1, 0.15) is 32.3 Å². The second-order valence-corrected chi connectivity index (χ2v) is 5.31. The summed E-state index contributed by atoms with van der Waals surface area (Å²) in [6.45, 7) is 5.15. The second-order valence-electron chi connectivity index (χ2n) is 5.31. The van der Waals surface area contributed by atoms with Crippen LogP contribution in [0.5, 0.6) is 0 Å². The number of aliphatic hydroxyl groups is 1. The Labute approximate surface area is 123 Å². The minimum atomic E-state index is -0.713. The van der Waals surface area contributed by atoms with E-state index in [2.05, 4.69) is 10.6 Å². The summed E-state index contributed by atoms with van der Waals surface area (Å²) in [5.74, 6) is 0. The molecule has 0 heterocycles. The molecule has 7 nitrogen and oxygen atoms in total. The summed E-state index contributed by atoms with van der Waals surface area (Å²) in [5, 5.41) is 25.5. The molecular weight excluding hydrogens is 274 g/mol. The smallest absolute Gasteiger partial charge is 0.319 e. The van der Waals surface area contributed by atoms with Crippen LogP contribution in [0.2, 0.25) is 0 Å². The average Bonchev–Trinajstić information content (AvgIpc) is 2.40. The molecule has 1 unspecified atom stereocenters. The van der Waals surface area contributed by atoms with Gasteiger partial charge in [-0.1, -0.05) is 19.4 Å². The van der Waals surface area contributed by atoms with Gasteiger partial charge in [-0.3, -0.25) is 10.1 Å². The fraction of sp³-hybridized carbons (Fsp3) is 0.500. The molecule has 116 valence electrons. The number of benzene rings is 1. The van der Waals surface area contributed by atoms with E-state index in [1.54, 1.807) is 26.0 Å². The van der Waals surface area contributed by atoms with E-state index in [-0.39, 0.29) is 12.3 Å². The van der Waals surface area contributed by atoms with E-state index in [9.17, 15) is 20.0 Å². The van der Waals surface area contributed by atoms with Gasteiger partial charge < -0.3 is 15.7 Å². The molecule has 21 heavy (non-hydrogen) atoms. The van der Waals surface area contributed by atoms with Gasteiger partial charge in [0, 0.05) is 17.3 Å². The first-order valence-corrected chi connectivity index (χ1v) is 6.76. The van der Waals surface area contributed by atoms with E-state index in [0.717, 1.165) is 6.42 Å². The number of aliphatic hydroxyl groups excluding tert-OH is 1. The van der Waals surface area contributed by atoms with Crippen molar-refractivity contribution in [2.45, 2.75) is 39.2 Å². The van der Waals surface area contributed by atoms with Gasteiger partial charge >= 0.3 is 6.03 Å². The van der Waals surface area contributed by atoms with Gasteiger partial charge in [-0.2, -0.15) is 0 Å². The van der Waals surface area contributed by atoms with E-state index in [0.29, 0.717) is 17.7 Å². The Balaban J connectivity index is 2.79. The van der Waals surface area contributed by atoms with Crippen LogP contribution in [0.3, 0.4) is 0 Å². The molecule has 3 N–H and O–H groups in total. The Morgan fingerprint density at radius 1 is 1.48 bits per heavy atom. The van der Waals surface area contributed by atoms with Gasteiger partial charge in [-0.05, 0) is 26.3 Å². The minimum absolute atomic E-state index is 0.0497. The zero-order chi connectivity index (χ0) is 16.0. The lowest BCUT2D eigenvalue weighted by molar-refractivity contribution is -0.385. The molecule has 1 aromatic carbocycles. The van der Waals surface area contributed by atoms with Crippen molar-refractivity contribution in [2.24, 2.45) is 0 Å². The summed E-state index contributed by atoms with van der Waals surface area (Å²) in [7, 11) is 0. The highest BCUT2D eigenvalue weighted by atomic mass is 16.6. The molecule has 0 aliphatic heterocycles. The normalized spacial score (nSPS) is 13.3. The molecule has 0 aliphatic rings. The molecule has 2 amide bonds. The van der Waals surface area contributed by atoms with E-state index >= 15 is 0 Å².